The standard InChI is InChI=1S/C14H28N3.C2H6.Y.H2/c1-12(2)17-9-3-13(4-10-17)11-16-7-5-14(15)6-8-16;1-2;;/h12-15H,3-11H2,1-2H3;1-2H3;;1H/q-1;;;. The molecule has 0 atom stereocenters. The third-order valence-corrected chi connectivity index (χ3v) is 4.48. The van der Waals surface area contributed by atoms with Crippen LogP contribution in [0.2, 0.25) is 0 Å². The molecule has 3 nitrogen and oxygen atoms in total. The van der Waals surface area contributed by atoms with Crippen molar-refractivity contribution in [3.05, 3.63) is 5.73 Å². The second-order valence-corrected chi connectivity index (χ2v) is 6.15. The Bertz CT molecular complexity index is 226. The smallest absolute Gasteiger partial charge is 0.00385 e. The minimum absolute atomic E-state index is 0. The molecule has 0 aromatic carbocycles. The molecular formula is C16H36N3Y-. The predicted molar refractivity (Wildman–Crippen MR) is 86.7 cm³/mol. The van der Waals surface area contributed by atoms with Crippen molar-refractivity contribution in [3.8, 4) is 0 Å². The van der Waals surface area contributed by atoms with Crippen LogP contribution in [0.25, 0.3) is 5.73 Å². The predicted octanol–water partition coefficient (Wildman–Crippen LogP) is 3.89. The summed E-state index contributed by atoms with van der Waals surface area (Å²) in [6, 6.07) is 0.934. The Morgan fingerprint density at radius 2 is 1.50 bits per heavy atom. The summed E-state index contributed by atoms with van der Waals surface area (Å²) in [4.78, 5) is 5.20. The van der Waals surface area contributed by atoms with E-state index in [1.54, 1.807) is 0 Å². The van der Waals surface area contributed by atoms with E-state index in [4.69, 9.17) is 5.73 Å². The Morgan fingerprint density at radius 3 is 1.95 bits per heavy atom. The van der Waals surface area contributed by atoms with Crippen molar-refractivity contribution in [2.75, 3.05) is 32.7 Å². The topological polar surface area (TPSA) is 30.3 Å². The number of likely N-dealkylation sites (tertiary alicyclic amines) is 2. The summed E-state index contributed by atoms with van der Waals surface area (Å²) in [5.74, 6) is 0.910. The second-order valence-electron chi connectivity index (χ2n) is 6.15. The molecule has 0 aliphatic carbocycles. The molecule has 0 unspecified atom stereocenters. The number of nitrogens with one attached hydrogen (secondary N) is 1. The molecule has 1 N–H and O–H groups in total. The first-order valence-corrected chi connectivity index (χ1v) is 8.32. The van der Waals surface area contributed by atoms with Crippen LogP contribution < -0.4 is 0 Å². The Hall–Kier alpha value is 0.984. The molecule has 2 aliphatic rings. The van der Waals surface area contributed by atoms with Crippen molar-refractivity contribution < 1.29 is 34.1 Å². The maximum atomic E-state index is 7.72. The zero-order chi connectivity index (χ0) is 14.3. The molecule has 0 amide bonds. The molecule has 0 bridgehead atoms. The van der Waals surface area contributed by atoms with Crippen molar-refractivity contribution in [2.45, 2.75) is 65.5 Å². The molecular weight excluding hydrogens is 323 g/mol. The molecule has 0 aromatic heterocycles. The Kier molecular flexibility index (Phi) is 12.1. The maximum absolute atomic E-state index is 7.72. The number of piperidine rings is 2. The van der Waals surface area contributed by atoms with Gasteiger partial charge in [0.05, 0.1) is 0 Å². The van der Waals surface area contributed by atoms with Crippen molar-refractivity contribution in [1.29, 1.82) is 0 Å². The fourth-order valence-corrected chi connectivity index (χ4v) is 3.13. The molecule has 2 fully saturated rings. The Balaban J connectivity index is 0. The molecule has 119 valence electrons. The van der Waals surface area contributed by atoms with Gasteiger partial charge in [0.15, 0.2) is 0 Å². The second kappa shape index (κ2) is 11.5. The third-order valence-electron chi connectivity index (χ3n) is 4.48. The summed E-state index contributed by atoms with van der Waals surface area (Å²) in [6.45, 7) is 14.8. The monoisotopic (exact) mass is 359 g/mol. The van der Waals surface area contributed by atoms with E-state index in [0.717, 1.165) is 24.8 Å². The van der Waals surface area contributed by atoms with E-state index in [0.29, 0.717) is 0 Å². The van der Waals surface area contributed by atoms with Gasteiger partial charge in [0.25, 0.3) is 0 Å². The van der Waals surface area contributed by atoms with Gasteiger partial charge in [-0.05, 0) is 58.8 Å². The van der Waals surface area contributed by atoms with Gasteiger partial charge in [-0.15, -0.1) is 6.04 Å². The summed E-state index contributed by atoms with van der Waals surface area (Å²) in [5.41, 5.74) is 7.72. The number of hydrogen-bond acceptors (Lipinski definition) is 2. The molecule has 2 aliphatic heterocycles. The largest absolute Gasteiger partial charge is 0.675 e. The zero-order valence-electron chi connectivity index (χ0n) is 14.1. The molecule has 2 rings (SSSR count). The molecule has 0 spiro atoms. The van der Waals surface area contributed by atoms with Crippen molar-refractivity contribution in [3.63, 3.8) is 0 Å². The normalized spacial score (nSPS) is 23.1. The van der Waals surface area contributed by atoms with Crippen molar-refractivity contribution in [1.82, 2.24) is 9.80 Å². The molecule has 0 aromatic rings. The summed E-state index contributed by atoms with van der Waals surface area (Å²) in [6.07, 6.45) is 4.92. The average Bonchev–Trinajstić information content (AvgIpc) is 2.44. The molecule has 4 heteroatoms. The summed E-state index contributed by atoms with van der Waals surface area (Å²) >= 11 is 0. The van der Waals surface area contributed by atoms with E-state index in [2.05, 4.69) is 23.6 Å². The molecule has 0 saturated carbocycles. The van der Waals surface area contributed by atoms with E-state index in [-0.39, 0.29) is 40.2 Å². The van der Waals surface area contributed by atoms with Gasteiger partial charge in [-0.3, -0.25) is 0 Å². The SMILES string of the molecule is CC.CC(C)N1CCC(CN2CCC([NH-])CC2)CC1.[HH].[Y]. The van der Waals surface area contributed by atoms with E-state index in [1.807, 2.05) is 13.8 Å². The summed E-state index contributed by atoms with van der Waals surface area (Å²) < 4.78 is 0. The van der Waals surface area contributed by atoms with Crippen LogP contribution in [0, 0.1) is 5.92 Å². The van der Waals surface area contributed by atoms with Crippen LogP contribution in [0.15, 0.2) is 0 Å². The first-order valence-electron chi connectivity index (χ1n) is 8.32. The number of nitrogens with zero attached hydrogens (tertiary/aromatic N) is 2. The number of rotatable bonds is 3. The average molecular weight is 359 g/mol. The summed E-state index contributed by atoms with van der Waals surface area (Å²) in [7, 11) is 0. The van der Waals surface area contributed by atoms with Crippen LogP contribution in [0.4, 0.5) is 0 Å². The van der Waals surface area contributed by atoms with Crippen molar-refractivity contribution in [2.24, 2.45) is 5.92 Å². The van der Waals surface area contributed by atoms with Gasteiger partial charge in [0, 0.05) is 46.7 Å². The van der Waals surface area contributed by atoms with Crippen LogP contribution in [-0.2, 0) is 32.7 Å². The van der Waals surface area contributed by atoms with E-state index in [1.165, 1.54) is 45.6 Å². The fraction of sp³-hybridized carbons (Fsp3) is 1.00. The van der Waals surface area contributed by atoms with Gasteiger partial charge in [-0.25, -0.2) is 0 Å². The van der Waals surface area contributed by atoms with Crippen LogP contribution in [0.5, 0.6) is 0 Å². The van der Waals surface area contributed by atoms with Crippen LogP contribution in [0.3, 0.4) is 0 Å². The van der Waals surface area contributed by atoms with Crippen LogP contribution >= 0.6 is 0 Å². The quantitative estimate of drug-likeness (QED) is 0.765. The van der Waals surface area contributed by atoms with Gasteiger partial charge in [0.1, 0.15) is 0 Å². The van der Waals surface area contributed by atoms with Gasteiger partial charge in [-0.2, -0.15) is 0 Å². The fourth-order valence-electron chi connectivity index (χ4n) is 3.13. The third kappa shape index (κ3) is 7.31. The molecule has 2 saturated heterocycles. The zero-order valence-corrected chi connectivity index (χ0v) is 16.9. The van der Waals surface area contributed by atoms with Crippen molar-refractivity contribution >= 4 is 0 Å². The minimum Gasteiger partial charge on any atom is -0.675 e. The molecule has 2 heterocycles. The van der Waals surface area contributed by atoms with Gasteiger partial charge < -0.3 is 15.5 Å². The van der Waals surface area contributed by atoms with Crippen LogP contribution in [0.1, 0.15) is 54.8 Å². The Morgan fingerprint density at radius 1 is 1.00 bits per heavy atom. The van der Waals surface area contributed by atoms with Gasteiger partial charge >= 0.3 is 0 Å². The Labute approximate surface area is 153 Å². The minimum atomic E-state index is 0. The maximum Gasteiger partial charge on any atom is 0.00385 e. The van der Waals surface area contributed by atoms with Gasteiger partial charge in [-0.1, -0.05) is 26.7 Å². The first-order chi connectivity index (χ1) is 9.15. The molecule has 1 radical (unpaired) electrons. The number of hydrogen-bond donors (Lipinski definition) is 0. The van der Waals surface area contributed by atoms with E-state index < -0.39 is 0 Å². The van der Waals surface area contributed by atoms with E-state index >= 15 is 0 Å². The summed E-state index contributed by atoms with van der Waals surface area (Å²) in [5, 5.41) is 0. The van der Waals surface area contributed by atoms with E-state index in [9.17, 15) is 0 Å². The van der Waals surface area contributed by atoms with Crippen LogP contribution in [-0.4, -0.2) is 54.6 Å². The van der Waals surface area contributed by atoms with Gasteiger partial charge in [0.2, 0.25) is 0 Å². The molecule has 20 heavy (non-hydrogen) atoms. The first kappa shape index (κ1) is 21.0.